The van der Waals surface area contributed by atoms with Crippen molar-refractivity contribution < 1.29 is 0 Å². The van der Waals surface area contributed by atoms with Crippen LogP contribution in [-0.4, -0.2) is 16.5 Å². The van der Waals surface area contributed by atoms with E-state index in [-0.39, 0.29) is 0 Å². The van der Waals surface area contributed by atoms with E-state index < -0.39 is 0 Å². The van der Waals surface area contributed by atoms with Crippen molar-refractivity contribution in [2.24, 2.45) is 5.92 Å². The summed E-state index contributed by atoms with van der Waals surface area (Å²) in [6.45, 7) is 0.988. The number of anilines is 1. The van der Waals surface area contributed by atoms with Gasteiger partial charge in [-0.15, -0.1) is 0 Å². The highest BCUT2D eigenvalue weighted by molar-refractivity contribution is 6.30. The van der Waals surface area contributed by atoms with E-state index in [2.05, 4.69) is 15.3 Å². The minimum atomic E-state index is 0.576. The number of nitrogens with zero attached hydrogens (tertiary/aromatic N) is 2. The molecule has 1 aliphatic carbocycles. The molecule has 1 fully saturated rings. The van der Waals surface area contributed by atoms with Crippen LogP contribution in [0.25, 0.3) is 0 Å². The zero-order chi connectivity index (χ0) is 8.39. The van der Waals surface area contributed by atoms with Crippen molar-refractivity contribution in [3.8, 4) is 0 Å². The van der Waals surface area contributed by atoms with E-state index in [9.17, 15) is 0 Å². The first-order chi connectivity index (χ1) is 5.84. The smallest absolute Gasteiger partial charge is 0.222 e. The van der Waals surface area contributed by atoms with Gasteiger partial charge in [-0.1, -0.05) is 11.6 Å². The number of hydrogen-bond acceptors (Lipinski definition) is 3. The van der Waals surface area contributed by atoms with Crippen molar-refractivity contribution in [2.75, 3.05) is 11.9 Å². The molecule has 1 saturated carbocycles. The molecule has 0 amide bonds. The molecular formula is C8H10ClN3. The van der Waals surface area contributed by atoms with Crippen molar-refractivity contribution in [3.63, 3.8) is 0 Å². The molecule has 0 unspecified atom stereocenters. The molecule has 4 heteroatoms. The molecule has 1 aromatic rings. The Bertz CT molecular complexity index is 256. The fourth-order valence-corrected chi connectivity index (χ4v) is 1.06. The summed E-state index contributed by atoms with van der Waals surface area (Å²) in [4.78, 5) is 8.05. The second-order valence-corrected chi connectivity index (χ2v) is 3.49. The summed E-state index contributed by atoms with van der Waals surface area (Å²) in [5.41, 5.74) is 0. The summed E-state index contributed by atoms with van der Waals surface area (Å²) in [6, 6.07) is 0. The van der Waals surface area contributed by atoms with Crippen molar-refractivity contribution >= 4 is 17.5 Å². The van der Waals surface area contributed by atoms with Gasteiger partial charge in [0.25, 0.3) is 0 Å². The lowest BCUT2D eigenvalue weighted by Gasteiger charge is -2.01. The van der Waals surface area contributed by atoms with Gasteiger partial charge in [0.15, 0.2) is 0 Å². The number of nitrogens with one attached hydrogen (secondary N) is 1. The van der Waals surface area contributed by atoms with Gasteiger partial charge in [-0.25, -0.2) is 9.97 Å². The fourth-order valence-electron chi connectivity index (χ4n) is 0.961. The van der Waals surface area contributed by atoms with E-state index in [1.807, 2.05) is 0 Å². The Balaban J connectivity index is 1.89. The molecule has 0 spiro atoms. The first-order valence-electron chi connectivity index (χ1n) is 4.06. The van der Waals surface area contributed by atoms with E-state index >= 15 is 0 Å². The van der Waals surface area contributed by atoms with E-state index in [0.717, 1.165) is 12.5 Å². The number of halogens is 1. The third kappa shape index (κ3) is 2.08. The van der Waals surface area contributed by atoms with Gasteiger partial charge in [-0.05, 0) is 18.8 Å². The third-order valence-electron chi connectivity index (χ3n) is 1.87. The molecule has 0 bridgehead atoms. The maximum Gasteiger partial charge on any atom is 0.222 e. The number of aromatic nitrogens is 2. The topological polar surface area (TPSA) is 37.8 Å². The summed E-state index contributed by atoms with van der Waals surface area (Å²) < 4.78 is 0. The summed E-state index contributed by atoms with van der Waals surface area (Å²) in [5.74, 6) is 1.51. The van der Waals surface area contributed by atoms with Crippen LogP contribution in [0.2, 0.25) is 5.02 Å². The molecule has 1 heterocycles. The normalized spacial score (nSPS) is 16.1. The van der Waals surface area contributed by atoms with Crippen molar-refractivity contribution in [1.82, 2.24) is 9.97 Å². The molecule has 1 aromatic heterocycles. The van der Waals surface area contributed by atoms with Crippen LogP contribution in [0.15, 0.2) is 12.4 Å². The van der Waals surface area contributed by atoms with Gasteiger partial charge in [-0.3, -0.25) is 0 Å². The molecule has 0 atom stereocenters. The summed E-state index contributed by atoms with van der Waals surface area (Å²) in [6.07, 6.45) is 5.87. The lowest BCUT2D eigenvalue weighted by molar-refractivity contribution is 0.873. The van der Waals surface area contributed by atoms with Crippen LogP contribution in [0, 0.1) is 5.92 Å². The summed E-state index contributed by atoms with van der Waals surface area (Å²) >= 11 is 5.63. The highest BCUT2D eigenvalue weighted by atomic mass is 35.5. The van der Waals surface area contributed by atoms with Gasteiger partial charge in [0.2, 0.25) is 5.95 Å². The van der Waals surface area contributed by atoms with Crippen molar-refractivity contribution in [2.45, 2.75) is 12.8 Å². The highest BCUT2D eigenvalue weighted by Crippen LogP contribution is 2.28. The molecule has 0 saturated heterocycles. The Kier molecular flexibility index (Phi) is 2.13. The van der Waals surface area contributed by atoms with Crippen molar-refractivity contribution in [1.29, 1.82) is 0 Å². The Morgan fingerprint density at radius 3 is 2.67 bits per heavy atom. The number of hydrogen-bond donors (Lipinski definition) is 1. The molecule has 1 aliphatic rings. The Hall–Kier alpha value is -0.830. The molecule has 12 heavy (non-hydrogen) atoms. The molecule has 1 N–H and O–H groups in total. The second kappa shape index (κ2) is 3.27. The minimum absolute atomic E-state index is 0.576. The van der Waals surface area contributed by atoms with Gasteiger partial charge in [0.1, 0.15) is 0 Å². The quantitative estimate of drug-likeness (QED) is 0.779. The molecule has 0 aliphatic heterocycles. The Morgan fingerprint density at radius 1 is 1.42 bits per heavy atom. The van der Waals surface area contributed by atoms with Crippen LogP contribution >= 0.6 is 11.6 Å². The van der Waals surface area contributed by atoms with E-state index in [1.54, 1.807) is 12.4 Å². The predicted octanol–water partition coefficient (Wildman–Crippen LogP) is 1.95. The number of rotatable bonds is 3. The van der Waals surface area contributed by atoms with Crippen LogP contribution in [0.5, 0.6) is 0 Å². The van der Waals surface area contributed by atoms with Gasteiger partial charge in [0.05, 0.1) is 17.4 Å². The first kappa shape index (κ1) is 7.80. The summed E-state index contributed by atoms with van der Waals surface area (Å²) in [7, 11) is 0. The van der Waals surface area contributed by atoms with Crippen LogP contribution in [0.4, 0.5) is 5.95 Å². The van der Waals surface area contributed by atoms with Gasteiger partial charge in [-0.2, -0.15) is 0 Å². The third-order valence-corrected chi connectivity index (χ3v) is 2.06. The molecule has 64 valence electrons. The van der Waals surface area contributed by atoms with E-state index in [0.29, 0.717) is 11.0 Å². The fraction of sp³-hybridized carbons (Fsp3) is 0.500. The SMILES string of the molecule is Clc1cnc(NCC2CC2)nc1. The Labute approximate surface area is 76.2 Å². The standard InChI is InChI=1S/C8H10ClN3/c9-7-4-11-8(12-5-7)10-3-6-1-2-6/h4-6H,1-3H2,(H,10,11,12). The van der Waals surface area contributed by atoms with Gasteiger partial charge in [0, 0.05) is 6.54 Å². The van der Waals surface area contributed by atoms with Crippen LogP contribution < -0.4 is 5.32 Å². The molecule has 2 rings (SSSR count). The second-order valence-electron chi connectivity index (χ2n) is 3.05. The van der Waals surface area contributed by atoms with E-state index in [1.165, 1.54) is 12.8 Å². The first-order valence-corrected chi connectivity index (χ1v) is 4.44. The zero-order valence-electron chi connectivity index (χ0n) is 6.63. The average molecular weight is 184 g/mol. The maximum atomic E-state index is 5.63. The average Bonchev–Trinajstić information content (AvgIpc) is 2.87. The van der Waals surface area contributed by atoms with Gasteiger partial charge >= 0.3 is 0 Å². The molecular weight excluding hydrogens is 174 g/mol. The maximum absolute atomic E-state index is 5.63. The monoisotopic (exact) mass is 183 g/mol. The van der Waals surface area contributed by atoms with Crippen molar-refractivity contribution in [3.05, 3.63) is 17.4 Å². The van der Waals surface area contributed by atoms with Crippen LogP contribution in [-0.2, 0) is 0 Å². The lowest BCUT2D eigenvalue weighted by Crippen LogP contribution is -2.06. The largest absolute Gasteiger partial charge is 0.354 e. The molecule has 3 nitrogen and oxygen atoms in total. The van der Waals surface area contributed by atoms with Crippen LogP contribution in [0.3, 0.4) is 0 Å². The zero-order valence-corrected chi connectivity index (χ0v) is 7.38. The minimum Gasteiger partial charge on any atom is -0.354 e. The Morgan fingerprint density at radius 2 is 2.08 bits per heavy atom. The van der Waals surface area contributed by atoms with Crippen LogP contribution in [0.1, 0.15) is 12.8 Å². The molecule has 0 aromatic carbocycles. The lowest BCUT2D eigenvalue weighted by atomic mass is 10.4. The summed E-state index contributed by atoms with van der Waals surface area (Å²) in [5, 5.41) is 3.73. The van der Waals surface area contributed by atoms with E-state index in [4.69, 9.17) is 11.6 Å². The molecule has 0 radical (unpaired) electrons. The predicted molar refractivity (Wildman–Crippen MR) is 48.3 cm³/mol. The van der Waals surface area contributed by atoms with Gasteiger partial charge < -0.3 is 5.32 Å². The highest BCUT2D eigenvalue weighted by Gasteiger charge is 2.20.